The molecule has 1 aromatic heterocycles. The third-order valence-corrected chi connectivity index (χ3v) is 5.70. The summed E-state index contributed by atoms with van der Waals surface area (Å²) in [5.41, 5.74) is 17.1. The lowest BCUT2D eigenvalue weighted by atomic mass is 9.88. The molecule has 35 heavy (non-hydrogen) atoms. The highest BCUT2D eigenvalue weighted by molar-refractivity contribution is 5.93. The third-order valence-electron chi connectivity index (χ3n) is 5.70. The number of rotatable bonds is 17. The molecule has 194 valence electrons. The van der Waals surface area contributed by atoms with Gasteiger partial charge in [0.15, 0.2) is 11.7 Å². The number of ketones is 2. The minimum Gasteiger partial charge on any atom is -0.370 e. The number of guanidine groups is 1. The first-order valence-corrected chi connectivity index (χ1v) is 12.1. The molecule has 0 aliphatic carbocycles. The zero-order valence-corrected chi connectivity index (χ0v) is 21.0. The van der Waals surface area contributed by atoms with Crippen LogP contribution in [-0.2, 0) is 25.6 Å². The summed E-state index contributed by atoms with van der Waals surface area (Å²) in [6, 6.07) is 2.75. The maximum atomic E-state index is 13.3. The molecule has 0 aliphatic rings. The predicted molar refractivity (Wildman–Crippen MR) is 135 cm³/mol. The van der Waals surface area contributed by atoms with E-state index in [9.17, 15) is 19.2 Å². The van der Waals surface area contributed by atoms with Crippen LogP contribution >= 0.6 is 0 Å². The van der Waals surface area contributed by atoms with Gasteiger partial charge >= 0.3 is 0 Å². The number of pyridine rings is 1. The van der Waals surface area contributed by atoms with Crippen LogP contribution in [0.25, 0.3) is 0 Å². The maximum Gasteiger partial charge on any atom is 0.224 e. The molecule has 0 spiro atoms. The smallest absolute Gasteiger partial charge is 0.224 e. The summed E-state index contributed by atoms with van der Waals surface area (Å²) in [4.78, 5) is 58.5. The second-order valence-corrected chi connectivity index (χ2v) is 9.27. The molecule has 3 atom stereocenters. The van der Waals surface area contributed by atoms with Crippen molar-refractivity contribution in [1.29, 1.82) is 0 Å². The van der Waals surface area contributed by atoms with Crippen molar-refractivity contribution in [2.24, 2.45) is 39.9 Å². The minimum atomic E-state index is -0.848. The van der Waals surface area contributed by atoms with Gasteiger partial charge in [0.25, 0.3) is 0 Å². The summed E-state index contributed by atoms with van der Waals surface area (Å²) in [5.74, 6) is -2.41. The molecule has 10 heteroatoms. The molecule has 0 bridgehead atoms. The summed E-state index contributed by atoms with van der Waals surface area (Å²) < 4.78 is 0. The molecule has 0 saturated heterocycles. The van der Waals surface area contributed by atoms with Crippen molar-refractivity contribution in [2.45, 2.75) is 71.8 Å². The Morgan fingerprint density at radius 1 is 1.09 bits per heavy atom. The van der Waals surface area contributed by atoms with Gasteiger partial charge in [-0.25, -0.2) is 0 Å². The minimum absolute atomic E-state index is 0.0459. The van der Waals surface area contributed by atoms with Gasteiger partial charge in [-0.3, -0.25) is 29.2 Å². The summed E-state index contributed by atoms with van der Waals surface area (Å²) in [7, 11) is 0. The van der Waals surface area contributed by atoms with E-state index < -0.39 is 29.7 Å². The van der Waals surface area contributed by atoms with E-state index in [1.165, 1.54) is 0 Å². The van der Waals surface area contributed by atoms with Gasteiger partial charge in [-0.2, -0.15) is 0 Å². The van der Waals surface area contributed by atoms with Crippen LogP contribution in [0.3, 0.4) is 0 Å². The van der Waals surface area contributed by atoms with Gasteiger partial charge < -0.3 is 22.5 Å². The van der Waals surface area contributed by atoms with E-state index in [-0.39, 0.29) is 42.7 Å². The number of aromatic nitrogens is 1. The highest BCUT2D eigenvalue weighted by atomic mass is 16.2. The van der Waals surface area contributed by atoms with E-state index in [0.717, 1.165) is 5.56 Å². The largest absolute Gasteiger partial charge is 0.370 e. The SMILES string of the molecule is CCC(=O)C[C@H](Cc1cccnc1)C(=O)N[C@@H](CCCN=C(N)N)C(=O)C[C@@H](CC(C)C)C(N)=O. The Morgan fingerprint density at radius 2 is 1.80 bits per heavy atom. The zero-order valence-electron chi connectivity index (χ0n) is 21.0. The van der Waals surface area contributed by atoms with Crippen molar-refractivity contribution in [2.75, 3.05) is 6.54 Å². The van der Waals surface area contributed by atoms with Gasteiger partial charge in [0.2, 0.25) is 11.8 Å². The van der Waals surface area contributed by atoms with E-state index in [0.29, 0.717) is 32.2 Å². The number of aliphatic imine (C=N–C) groups is 1. The molecular weight excluding hydrogens is 448 g/mol. The van der Waals surface area contributed by atoms with E-state index in [1.807, 2.05) is 19.9 Å². The molecule has 0 aromatic carbocycles. The number of nitrogens with zero attached hydrogens (tertiary/aromatic N) is 2. The van der Waals surface area contributed by atoms with Gasteiger partial charge in [0.1, 0.15) is 5.78 Å². The second-order valence-electron chi connectivity index (χ2n) is 9.27. The van der Waals surface area contributed by atoms with Crippen LogP contribution in [0.1, 0.15) is 64.9 Å². The molecule has 0 fully saturated rings. The molecule has 1 heterocycles. The number of primary amides is 1. The molecule has 2 amide bonds. The van der Waals surface area contributed by atoms with Crippen LogP contribution in [0.4, 0.5) is 0 Å². The Labute approximate surface area is 207 Å². The van der Waals surface area contributed by atoms with E-state index >= 15 is 0 Å². The molecular formula is C25H40N6O4. The Bertz CT molecular complexity index is 868. The van der Waals surface area contributed by atoms with E-state index in [1.54, 1.807) is 25.4 Å². The van der Waals surface area contributed by atoms with Crippen LogP contribution in [0.5, 0.6) is 0 Å². The normalized spacial score (nSPS) is 13.5. The number of hydrogen-bond donors (Lipinski definition) is 4. The summed E-state index contributed by atoms with van der Waals surface area (Å²) in [5, 5.41) is 2.83. The topological polar surface area (TPSA) is 184 Å². The van der Waals surface area contributed by atoms with Crippen molar-refractivity contribution in [3.8, 4) is 0 Å². The average Bonchev–Trinajstić information content (AvgIpc) is 2.79. The maximum absolute atomic E-state index is 13.3. The number of nitrogens with two attached hydrogens (primary N) is 3. The monoisotopic (exact) mass is 488 g/mol. The Balaban J connectivity index is 3.05. The van der Waals surface area contributed by atoms with Crippen molar-refractivity contribution in [3.05, 3.63) is 30.1 Å². The van der Waals surface area contributed by atoms with Gasteiger partial charge in [0.05, 0.1) is 6.04 Å². The van der Waals surface area contributed by atoms with Crippen molar-refractivity contribution < 1.29 is 19.2 Å². The summed E-state index contributed by atoms with van der Waals surface area (Å²) in [6.07, 6.45) is 5.11. The fourth-order valence-electron chi connectivity index (χ4n) is 3.84. The second kappa shape index (κ2) is 15.6. The van der Waals surface area contributed by atoms with Gasteiger partial charge in [-0.1, -0.05) is 26.8 Å². The van der Waals surface area contributed by atoms with Crippen LogP contribution in [0.15, 0.2) is 29.5 Å². The van der Waals surface area contributed by atoms with Crippen LogP contribution < -0.4 is 22.5 Å². The first-order chi connectivity index (χ1) is 16.5. The average molecular weight is 489 g/mol. The lowest BCUT2D eigenvalue weighted by molar-refractivity contribution is -0.133. The van der Waals surface area contributed by atoms with Gasteiger partial charge in [0, 0.05) is 50.0 Å². The van der Waals surface area contributed by atoms with E-state index in [4.69, 9.17) is 17.2 Å². The molecule has 1 aromatic rings. The number of amides is 2. The standard InChI is InChI=1S/C25H40N6O4/c1-4-20(32)13-19(12-17-7-5-9-29-15-17)24(35)31-21(8-6-10-30-25(27)28)22(33)14-18(23(26)34)11-16(2)3/h5,7,9,15-16,18-19,21H,4,6,8,10-14H2,1-3H3,(H2,26,34)(H,31,35)(H4,27,28,30)/t18-,19+,21+/m1/s1. The Kier molecular flexibility index (Phi) is 13.2. The lowest BCUT2D eigenvalue weighted by Gasteiger charge is -2.23. The molecule has 1 rings (SSSR count). The molecule has 10 nitrogen and oxygen atoms in total. The van der Waals surface area contributed by atoms with Crippen LogP contribution in [0, 0.1) is 17.8 Å². The fourth-order valence-corrected chi connectivity index (χ4v) is 3.84. The Hall–Kier alpha value is -3.30. The molecule has 0 saturated carbocycles. The van der Waals surface area contributed by atoms with Gasteiger partial charge in [-0.05, 0) is 43.2 Å². The predicted octanol–water partition coefficient (Wildman–Crippen LogP) is 1.25. The van der Waals surface area contributed by atoms with Crippen LogP contribution in [-0.4, -0.2) is 46.9 Å². The molecule has 0 radical (unpaired) electrons. The number of hydrogen-bond acceptors (Lipinski definition) is 6. The van der Waals surface area contributed by atoms with Crippen molar-refractivity contribution >= 4 is 29.3 Å². The number of Topliss-reactive ketones (excluding diaryl/α,β-unsaturated/α-hetero) is 2. The molecule has 0 aliphatic heterocycles. The zero-order chi connectivity index (χ0) is 26.4. The quantitative estimate of drug-likeness (QED) is 0.144. The third kappa shape index (κ3) is 12.1. The van der Waals surface area contributed by atoms with Crippen molar-refractivity contribution in [3.63, 3.8) is 0 Å². The fraction of sp³-hybridized carbons (Fsp3) is 0.600. The lowest BCUT2D eigenvalue weighted by Crippen LogP contribution is -2.45. The molecule has 0 unspecified atom stereocenters. The Morgan fingerprint density at radius 3 is 2.34 bits per heavy atom. The van der Waals surface area contributed by atoms with E-state index in [2.05, 4.69) is 15.3 Å². The first kappa shape index (κ1) is 29.7. The summed E-state index contributed by atoms with van der Waals surface area (Å²) >= 11 is 0. The number of nitrogens with one attached hydrogen (secondary N) is 1. The number of carbonyl (C=O) groups is 4. The van der Waals surface area contributed by atoms with Crippen molar-refractivity contribution in [1.82, 2.24) is 10.3 Å². The first-order valence-electron chi connectivity index (χ1n) is 12.1. The number of carbonyl (C=O) groups excluding carboxylic acids is 4. The summed E-state index contributed by atoms with van der Waals surface area (Å²) in [6.45, 7) is 5.93. The highest BCUT2D eigenvalue weighted by Gasteiger charge is 2.29. The molecule has 7 N–H and O–H groups in total. The van der Waals surface area contributed by atoms with Crippen LogP contribution in [0.2, 0.25) is 0 Å². The van der Waals surface area contributed by atoms with Gasteiger partial charge in [-0.15, -0.1) is 0 Å². The highest BCUT2D eigenvalue weighted by Crippen LogP contribution is 2.19.